The van der Waals surface area contributed by atoms with Gasteiger partial charge in [0.25, 0.3) is 0 Å². The molecule has 1 rings (SSSR count). The van der Waals surface area contributed by atoms with E-state index in [4.69, 9.17) is 3.07 Å². The summed E-state index contributed by atoms with van der Waals surface area (Å²) in [5.41, 5.74) is 0.598. The Balaban J connectivity index is 2.92. The molecule has 0 aliphatic heterocycles. The van der Waals surface area contributed by atoms with Gasteiger partial charge in [-0.2, -0.15) is 0 Å². The molecule has 0 heterocycles. The van der Waals surface area contributed by atoms with Gasteiger partial charge in [-0.25, -0.2) is 0 Å². The van der Waals surface area contributed by atoms with E-state index >= 15 is 0 Å². The van der Waals surface area contributed by atoms with Crippen LogP contribution in [0.15, 0.2) is 68.3 Å². The van der Waals surface area contributed by atoms with Crippen LogP contribution in [0.1, 0.15) is 10.4 Å². The molecule has 0 radical (unpaired) electrons. The summed E-state index contributed by atoms with van der Waals surface area (Å²) in [6.45, 7) is 11.3. The second-order valence-electron chi connectivity index (χ2n) is 4.42. The van der Waals surface area contributed by atoms with Crippen molar-refractivity contribution in [3.05, 3.63) is 73.9 Å². The summed E-state index contributed by atoms with van der Waals surface area (Å²) in [5.74, 6) is -0.234. The molecule has 2 nitrogen and oxygen atoms in total. The van der Waals surface area contributed by atoms with Crippen LogP contribution in [0.25, 0.3) is 0 Å². The van der Waals surface area contributed by atoms with Crippen molar-refractivity contribution in [2.45, 2.75) is 13.3 Å². The Morgan fingerprint density at radius 2 is 1.47 bits per heavy atom. The van der Waals surface area contributed by atoms with Crippen LogP contribution in [0.3, 0.4) is 0 Å². The zero-order chi connectivity index (χ0) is 14.1. The number of carbonyl (C=O) groups is 1. The average Bonchev–Trinajstić information content (AvgIpc) is 2.40. The van der Waals surface area contributed by atoms with Crippen molar-refractivity contribution in [2.75, 3.05) is 0 Å². The van der Waals surface area contributed by atoms with Gasteiger partial charge in [-0.3, -0.25) is 0 Å². The van der Waals surface area contributed by atoms with Crippen LogP contribution in [0.4, 0.5) is 0 Å². The third-order valence-corrected chi connectivity index (χ3v) is 13.5. The first kappa shape index (κ1) is 15.8. The van der Waals surface area contributed by atoms with Gasteiger partial charge < -0.3 is 0 Å². The number of rotatable bonds is 8. The van der Waals surface area contributed by atoms with Crippen molar-refractivity contribution in [3.8, 4) is 0 Å². The second kappa shape index (κ2) is 8.00. The van der Waals surface area contributed by atoms with Crippen molar-refractivity contribution < 1.29 is 7.87 Å². The van der Waals surface area contributed by atoms with Crippen LogP contribution < -0.4 is 0 Å². The molecule has 0 bridgehead atoms. The van der Waals surface area contributed by atoms with Crippen molar-refractivity contribution in [1.82, 2.24) is 0 Å². The molecule has 0 N–H and O–H groups in total. The molecule has 0 fully saturated rings. The summed E-state index contributed by atoms with van der Waals surface area (Å²) < 4.78 is 8.25. The van der Waals surface area contributed by atoms with Gasteiger partial charge in [0.2, 0.25) is 0 Å². The maximum atomic E-state index is 12.2. The summed E-state index contributed by atoms with van der Waals surface area (Å²) in [7, 11) is 0. The van der Waals surface area contributed by atoms with E-state index in [1.165, 1.54) is 0 Å². The molecule has 0 amide bonds. The van der Waals surface area contributed by atoms with Crippen LogP contribution in [0.2, 0.25) is 13.3 Å². The normalized spacial score (nSPS) is 10.5. The zero-order valence-electron chi connectivity index (χ0n) is 11.2. The molecular formula is C16H20O2Sn. The Kier molecular flexibility index (Phi) is 6.63. The first-order chi connectivity index (χ1) is 9.17. The fourth-order valence-electron chi connectivity index (χ4n) is 1.99. The monoisotopic (exact) mass is 364 g/mol. The maximum absolute atomic E-state index is 12.2. The fourth-order valence-corrected chi connectivity index (χ4v) is 10.1. The van der Waals surface area contributed by atoms with E-state index in [1.807, 2.05) is 36.4 Å². The van der Waals surface area contributed by atoms with E-state index in [9.17, 15) is 4.79 Å². The Labute approximate surface area is 119 Å². The molecule has 3 heteroatoms. The van der Waals surface area contributed by atoms with Gasteiger partial charge >= 0.3 is 120 Å². The van der Waals surface area contributed by atoms with Crippen molar-refractivity contribution in [3.63, 3.8) is 0 Å². The number of benzene rings is 1. The van der Waals surface area contributed by atoms with Gasteiger partial charge in [0.1, 0.15) is 0 Å². The van der Waals surface area contributed by atoms with Crippen LogP contribution in [0, 0.1) is 0 Å². The predicted molar refractivity (Wildman–Crippen MR) is 82.6 cm³/mol. The standard InChI is InChI=1S/C7H6O2.3C3H5.Sn/c8-7(9)6-4-2-1-3-5-6;3*1-3-2;/h1-5H,(H,8,9);3*3H,1-2H2;/q;;;;+1/p-1. The molecule has 0 spiro atoms. The molecule has 0 saturated carbocycles. The number of hydrogen-bond acceptors (Lipinski definition) is 2. The van der Waals surface area contributed by atoms with Gasteiger partial charge in [-0.15, -0.1) is 0 Å². The molecule has 0 aliphatic carbocycles. The van der Waals surface area contributed by atoms with Crippen LogP contribution in [-0.4, -0.2) is 24.8 Å². The number of allylic oxidation sites excluding steroid dienone is 3. The van der Waals surface area contributed by atoms with Crippen molar-refractivity contribution >= 4 is 24.8 Å². The first-order valence-electron chi connectivity index (χ1n) is 6.28. The summed E-state index contributed by atoms with van der Waals surface area (Å²) in [5, 5.41) is 0. The zero-order valence-corrected chi connectivity index (χ0v) is 14.0. The molecular weight excluding hydrogens is 343 g/mol. The Morgan fingerprint density at radius 3 is 1.89 bits per heavy atom. The van der Waals surface area contributed by atoms with E-state index in [1.54, 1.807) is 12.1 Å². The number of carbonyl (C=O) groups excluding carboxylic acids is 1. The molecule has 0 unspecified atom stereocenters. The van der Waals surface area contributed by atoms with Gasteiger partial charge in [-0.1, -0.05) is 0 Å². The Morgan fingerprint density at radius 1 is 1.00 bits per heavy atom. The molecule has 0 aliphatic rings. The number of hydrogen-bond donors (Lipinski definition) is 0. The van der Waals surface area contributed by atoms with Crippen LogP contribution >= 0.6 is 0 Å². The van der Waals surface area contributed by atoms with E-state index in [2.05, 4.69) is 19.7 Å². The molecule has 0 saturated heterocycles. The van der Waals surface area contributed by atoms with Gasteiger partial charge in [-0.05, 0) is 0 Å². The molecule has 0 aromatic heterocycles. The van der Waals surface area contributed by atoms with E-state index in [-0.39, 0.29) is 5.97 Å². The van der Waals surface area contributed by atoms with Gasteiger partial charge in [0, 0.05) is 0 Å². The van der Waals surface area contributed by atoms with Crippen LogP contribution in [-0.2, 0) is 3.07 Å². The molecule has 0 atom stereocenters. The SMILES string of the molecule is C=C[CH2][Sn]([CH2]C=C)([CH2]C=C)[O]C(=O)c1ccccc1. The predicted octanol–water partition coefficient (Wildman–Crippen LogP) is 4.35. The third kappa shape index (κ3) is 4.71. The average molecular weight is 363 g/mol. The van der Waals surface area contributed by atoms with Crippen molar-refractivity contribution in [1.29, 1.82) is 0 Å². The first-order valence-corrected chi connectivity index (χ1v) is 13.5. The summed E-state index contributed by atoms with van der Waals surface area (Å²) in [6, 6.07) is 9.10. The third-order valence-electron chi connectivity index (χ3n) is 2.87. The minimum atomic E-state index is -3.07. The summed E-state index contributed by atoms with van der Waals surface area (Å²) in [6.07, 6.45) is 5.55. The van der Waals surface area contributed by atoms with E-state index < -0.39 is 18.8 Å². The minimum absolute atomic E-state index is 0.234. The molecule has 1 aromatic carbocycles. The van der Waals surface area contributed by atoms with Gasteiger partial charge in [0.05, 0.1) is 0 Å². The van der Waals surface area contributed by atoms with Crippen molar-refractivity contribution in [2.24, 2.45) is 0 Å². The molecule has 100 valence electrons. The summed E-state index contributed by atoms with van der Waals surface area (Å²) >= 11 is -3.07. The Bertz CT molecular complexity index is 425. The topological polar surface area (TPSA) is 26.3 Å². The van der Waals surface area contributed by atoms with E-state index in [0.29, 0.717) is 5.56 Å². The second-order valence-corrected chi connectivity index (χ2v) is 15.2. The fraction of sp³-hybridized carbons (Fsp3) is 0.188. The Hall–Kier alpha value is -1.29. The van der Waals surface area contributed by atoms with Gasteiger partial charge in [0.15, 0.2) is 0 Å². The molecule has 1 aromatic rings. The summed E-state index contributed by atoms with van der Waals surface area (Å²) in [4.78, 5) is 12.2. The molecule has 19 heavy (non-hydrogen) atoms. The quantitative estimate of drug-likeness (QED) is 0.507. The van der Waals surface area contributed by atoms with E-state index in [0.717, 1.165) is 13.3 Å². The van der Waals surface area contributed by atoms with Crippen LogP contribution in [0.5, 0.6) is 0 Å².